The molecule has 6 nitrogen and oxygen atoms in total. The van der Waals surface area contributed by atoms with Crippen molar-refractivity contribution in [3.63, 3.8) is 0 Å². The van der Waals surface area contributed by atoms with Crippen molar-refractivity contribution in [2.75, 3.05) is 32.8 Å². The second-order valence-corrected chi connectivity index (χ2v) is 8.49. The molecule has 2 saturated heterocycles. The van der Waals surface area contributed by atoms with Crippen molar-refractivity contribution < 1.29 is 19.1 Å². The molecular formula is C24H34N2O4. The summed E-state index contributed by atoms with van der Waals surface area (Å²) < 4.78 is 5.42. The van der Waals surface area contributed by atoms with Gasteiger partial charge in [-0.3, -0.25) is 14.4 Å². The number of ether oxygens (including phenoxy) is 1. The van der Waals surface area contributed by atoms with Gasteiger partial charge in [0.2, 0.25) is 11.8 Å². The lowest BCUT2D eigenvalue weighted by atomic mass is 9.74. The lowest BCUT2D eigenvalue weighted by molar-refractivity contribution is -0.161. The van der Waals surface area contributed by atoms with E-state index < -0.39 is 5.41 Å². The molecule has 0 aromatic heterocycles. The maximum atomic E-state index is 12.8. The second kappa shape index (κ2) is 10.6. The van der Waals surface area contributed by atoms with Gasteiger partial charge in [0.15, 0.2) is 0 Å². The first-order chi connectivity index (χ1) is 14.5. The molecule has 1 aromatic rings. The molecule has 2 fully saturated rings. The molecule has 1 aromatic carbocycles. The Kier molecular flexibility index (Phi) is 7.88. The van der Waals surface area contributed by atoms with Crippen molar-refractivity contribution in [3.8, 4) is 0 Å². The van der Waals surface area contributed by atoms with Crippen LogP contribution in [0.3, 0.4) is 0 Å². The van der Waals surface area contributed by atoms with E-state index in [4.69, 9.17) is 4.74 Å². The molecule has 2 aliphatic heterocycles. The van der Waals surface area contributed by atoms with Crippen LogP contribution in [-0.4, -0.2) is 60.4 Å². The predicted molar refractivity (Wildman–Crippen MR) is 115 cm³/mol. The van der Waals surface area contributed by atoms with E-state index >= 15 is 0 Å². The van der Waals surface area contributed by atoms with Gasteiger partial charge >= 0.3 is 5.97 Å². The molecular weight excluding hydrogens is 380 g/mol. The van der Waals surface area contributed by atoms with E-state index in [1.165, 1.54) is 5.56 Å². The van der Waals surface area contributed by atoms with Gasteiger partial charge in [-0.15, -0.1) is 0 Å². The van der Waals surface area contributed by atoms with Gasteiger partial charge in [0.25, 0.3) is 0 Å². The predicted octanol–water partition coefficient (Wildman–Crippen LogP) is 3.19. The Morgan fingerprint density at radius 2 is 1.80 bits per heavy atom. The van der Waals surface area contributed by atoms with E-state index in [0.29, 0.717) is 45.5 Å². The van der Waals surface area contributed by atoms with Crippen molar-refractivity contribution in [1.29, 1.82) is 0 Å². The molecule has 0 aliphatic carbocycles. The van der Waals surface area contributed by atoms with Crippen LogP contribution in [0.4, 0.5) is 0 Å². The third kappa shape index (κ3) is 5.61. The summed E-state index contributed by atoms with van der Waals surface area (Å²) in [7, 11) is 0. The molecule has 0 saturated carbocycles. The monoisotopic (exact) mass is 414 g/mol. The van der Waals surface area contributed by atoms with Gasteiger partial charge in [-0.25, -0.2) is 0 Å². The van der Waals surface area contributed by atoms with Gasteiger partial charge in [-0.1, -0.05) is 30.3 Å². The average Bonchev–Trinajstić information content (AvgIpc) is 2.76. The first kappa shape index (κ1) is 22.3. The number of nitrogens with zero attached hydrogens (tertiary/aromatic N) is 2. The molecule has 0 atom stereocenters. The van der Waals surface area contributed by atoms with Gasteiger partial charge in [-0.05, 0) is 57.4 Å². The SMILES string of the molecule is CCOC(=O)C1(CCCc2ccccc2)CCN(C(=O)CN2CCCCC2=O)CC1. The fourth-order valence-corrected chi connectivity index (χ4v) is 4.59. The topological polar surface area (TPSA) is 66.9 Å². The zero-order chi connectivity index (χ0) is 21.4. The highest BCUT2D eigenvalue weighted by atomic mass is 16.5. The first-order valence-corrected chi connectivity index (χ1v) is 11.3. The Morgan fingerprint density at radius 3 is 2.47 bits per heavy atom. The van der Waals surface area contributed by atoms with E-state index in [2.05, 4.69) is 12.1 Å². The molecule has 3 rings (SSSR count). The van der Waals surface area contributed by atoms with Crippen LogP contribution in [-0.2, 0) is 25.5 Å². The third-order valence-electron chi connectivity index (χ3n) is 6.49. The molecule has 0 spiro atoms. The molecule has 30 heavy (non-hydrogen) atoms. The summed E-state index contributed by atoms with van der Waals surface area (Å²) >= 11 is 0. The highest BCUT2D eigenvalue weighted by Gasteiger charge is 2.43. The number of likely N-dealkylation sites (tertiary alicyclic amines) is 2. The van der Waals surface area contributed by atoms with Gasteiger partial charge < -0.3 is 14.5 Å². The summed E-state index contributed by atoms with van der Waals surface area (Å²) in [5.74, 6) is -0.0586. The summed E-state index contributed by atoms with van der Waals surface area (Å²) in [5.41, 5.74) is 0.762. The molecule has 0 N–H and O–H groups in total. The standard InChI is InChI=1S/C24H34N2O4/c1-2-30-23(29)24(13-8-11-20-9-4-3-5-10-20)14-17-25(18-15-24)22(28)19-26-16-7-6-12-21(26)27/h3-5,9-10H,2,6-8,11-19H2,1H3. The van der Waals surface area contributed by atoms with E-state index in [1.54, 1.807) is 4.90 Å². The number of benzene rings is 1. The van der Waals surface area contributed by atoms with Crippen LogP contribution < -0.4 is 0 Å². The minimum Gasteiger partial charge on any atom is -0.466 e. The van der Waals surface area contributed by atoms with Crippen molar-refractivity contribution in [3.05, 3.63) is 35.9 Å². The number of hydrogen-bond acceptors (Lipinski definition) is 4. The number of rotatable bonds is 8. The Labute approximate surface area is 179 Å². The Bertz CT molecular complexity index is 726. The van der Waals surface area contributed by atoms with Crippen molar-refractivity contribution in [2.24, 2.45) is 5.41 Å². The zero-order valence-corrected chi connectivity index (χ0v) is 18.1. The molecule has 164 valence electrons. The average molecular weight is 415 g/mol. The number of carbonyl (C=O) groups excluding carboxylic acids is 3. The van der Waals surface area contributed by atoms with Crippen LogP contribution in [0.2, 0.25) is 0 Å². The highest BCUT2D eigenvalue weighted by Crippen LogP contribution is 2.38. The van der Waals surface area contributed by atoms with E-state index in [0.717, 1.165) is 32.1 Å². The minimum atomic E-state index is -0.511. The number of carbonyl (C=O) groups is 3. The van der Waals surface area contributed by atoms with Crippen LogP contribution in [0.5, 0.6) is 0 Å². The minimum absolute atomic E-state index is 0.00741. The summed E-state index contributed by atoms with van der Waals surface area (Å²) in [6.07, 6.45) is 6.29. The van der Waals surface area contributed by atoms with E-state index in [1.807, 2.05) is 30.0 Å². The largest absolute Gasteiger partial charge is 0.466 e. The molecule has 2 heterocycles. The third-order valence-corrected chi connectivity index (χ3v) is 6.49. The Morgan fingerprint density at radius 1 is 1.07 bits per heavy atom. The van der Waals surface area contributed by atoms with Gasteiger partial charge in [0, 0.05) is 26.1 Å². The highest BCUT2D eigenvalue weighted by molar-refractivity contribution is 5.85. The van der Waals surface area contributed by atoms with Gasteiger partial charge in [-0.2, -0.15) is 0 Å². The molecule has 6 heteroatoms. The number of esters is 1. The summed E-state index contributed by atoms with van der Waals surface area (Å²) in [5, 5.41) is 0. The smallest absolute Gasteiger partial charge is 0.312 e. The van der Waals surface area contributed by atoms with Crippen molar-refractivity contribution in [2.45, 2.75) is 58.3 Å². The lowest BCUT2D eigenvalue weighted by Crippen LogP contribution is -2.50. The maximum absolute atomic E-state index is 12.8. The Hall–Kier alpha value is -2.37. The quantitative estimate of drug-likeness (QED) is 0.613. The van der Waals surface area contributed by atoms with E-state index in [-0.39, 0.29) is 24.3 Å². The number of hydrogen-bond donors (Lipinski definition) is 0. The number of aryl methyl sites for hydroxylation is 1. The van der Waals surface area contributed by atoms with E-state index in [9.17, 15) is 14.4 Å². The van der Waals surface area contributed by atoms with Gasteiger partial charge in [0.05, 0.1) is 18.6 Å². The number of piperidine rings is 2. The van der Waals surface area contributed by atoms with Crippen molar-refractivity contribution in [1.82, 2.24) is 9.80 Å². The van der Waals surface area contributed by atoms with Crippen LogP contribution in [0.15, 0.2) is 30.3 Å². The number of amides is 2. The maximum Gasteiger partial charge on any atom is 0.312 e. The summed E-state index contributed by atoms with van der Waals surface area (Å²) in [4.78, 5) is 41.1. The molecule has 2 amide bonds. The zero-order valence-electron chi connectivity index (χ0n) is 18.1. The van der Waals surface area contributed by atoms with Crippen LogP contribution >= 0.6 is 0 Å². The molecule has 2 aliphatic rings. The molecule has 0 bridgehead atoms. The lowest BCUT2D eigenvalue weighted by Gasteiger charge is -2.40. The van der Waals surface area contributed by atoms with Crippen LogP contribution in [0, 0.1) is 5.41 Å². The molecule has 0 radical (unpaired) electrons. The molecule has 0 unspecified atom stereocenters. The van der Waals surface area contributed by atoms with Crippen molar-refractivity contribution >= 4 is 17.8 Å². The Balaban J connectivity index is 1.56. The summed E-state index contributed by atoms with van der Waals surface area (Å²) in [6, 6.07) is 10.3. The summed E-state index contributed by atoms with van der Waals surface area (Å²) in [6.45, 7) is 4.14. The fourth-order valence-electron chi connectivity index (χ4n) is 4.59. The second-order valence-electron chi connectivity index (χ2n) is 8.49. The fraction of sp³-hybridized carbons (Fsp3) is 0.625. The van der Waals surface area contributed by atoms with Crippen LogP contribution in [0.1, 0.15) is 57.4 Å². The normalized spacial score (nSPS) is 18.9. The van der Waals surface area contributed by atoms with Gasteiger partial charge in [0.1, 0.15) is 0 Å². The van der Waals surface area contributed by atoms with Crippen LogP contribution in [0.25, 0.3) is 0 Å². The first-order valence-electron chi connectivity index (χ1n) is 11.3.